The van der Waals surface area contributed by atoms with Gasteiger partial charge in [-0.1, -0.05) is 24.3 Å². The van der Waals surface area contributed by atoms with E-state index >= 15 is 0 Å². The van der Waals surface area contributed by atoms with E-state index in [0.29, 0.717) is 30.1 Å². The van der Waals surface area contributed by atoms with Gasteiger partial charge in [-0.3, -0.25) is 9.69 Å². The second kappa shape index (κ2) is 10.4. The summed E-state index contributed by atoms with van der Waals surface area (Å²) in [7, 11) is 0. The van der Waals surface area contributed by atoms with Gasteiger partial charge in [0, 0.05) is 26.2 Å². The van der Waals surface area contributed by atoms with E-state index in [9.17, 15) is 9.18 Å². The smallest absolute Gasteiger partial charge is 0.255 e. The predicted molar refractivity (Wildman–Crippen MR) is 119 cm³/mol. The largest absolute Gasteiger partial charge is 0.492 e. The molecule has 8 heteroatoms. The lowest BCUT2D eigenvalue weighted by Gasteiger charge is -2.26. The third-order valence-corrected chi connectivity index (χ3v) is 5.47. The third kappa shape index (κ3) is 5.33. The molecule has 4 rings (SSSR count). The Hall–Kier alpha value is -3.23. The molecular weight excluding hydrogens is 411 g/mol. The van der Waals surface area contributed by atoms with Crippen molar-refractivity contribution in [2.75, 3.05) is 39.5 Å². The first kappa shape index (κ1) is 22.0. The topological polar surface area (TPSA) is 68.6 Å². The zero-order valence-electron chi connectivity index (χ0n) is 18.1. The highest BCUT2D eigenvalue weighted by molar-refractivity contribution is 5.95. The van der Waals surface area contributed by atoms with Crippen LogP contribution < -0.4 is 10.1 Å². The number of nitrogens with zero attached hydrogens (tertiary/aromatic N) is 3. The van der Waals surface area contributed by atoms with E-state index in [4.69, 9.17) is 9.47 Å². The maximum atomic E-state index is 14.1. The summed E-state index contributed by atoms with van der Waals surface area (Å²) < 4.78 is 26.8. The second-order valence-corrected chi connectivity index (χ2v) is 7.64. The van der Waals surface area contributed by atoms with E-state index in [0.717, 1.165) is 44.2 Å². The van der Waals surface area contributed by atoms with E-state index in [1.165, 1.54) is 16.9 Å². The molecule has 2 aromatic carbocycles. The van der Waals surface area contributed by atoms with Gasteiger partial charge in [0.25, 0.3) is 5.91 Å². The lowest BCUT2D eigenvalue weighted by atomic mass is 10.2. The first-order chi connectivity index (χ1) is 15.6. The van der Waals surface area contributed by atoms with Gasteiger partial charge in [0.05, 0.1) is 30.7 Å². The summed E-state index contributed by atoms with van der Waals surface area (Å²) in [6, 6.07) is 14.0. The van der Waals surface area contributed by atoms with Crippen LogP contribution in [0, 0.1) is 12.7 Å². The number of ether oxygens (including phenoxy) is 2. The van der Waals surface area contributed by atoms with E-state index < -0.39 is 5.82 Å². The number of hydrogen-bond donors (Lipinski definition) is 1. The van der Waals surface area contributed by atoms with Crippen LogP contribution in [0.5, 0.6) is 5.75 Å². The number of rotatable bonds is 8. The zero-order valence-corrected chi connectivity index (χ0v) is 18.1. The number of carbonyl (C=O) groups is 1. The Bertz CT molecular complexity index is 1060. The van der Waals surface area contributed by atoms with Gasteiger partial charge < -0.3 is 14.8 Å². The summed E-state index contributed by atoms with van der Waals surface area (Å²) in [5.41, 5.74) is 2.23. The van der Waals surface area contributed by atoms with Crippen molar-refractivity contribution < 1.29 is 18.7 Å². The highest BCUT2D eigenvalue weighted by Crippen LogP contribution is 2.18. The number of halogens is 1. The summed E-state index contributed by atoms with van der Waals surface area (Å²) in [5.74, 6) is 0.119. The maximum Gasteiger partial charge on any atom is 0.255 e. The van der Waals surface area contributed by atoms with Crippen LogP contribution in [0.4, 0.5) is 4.39 Å². The zero-order chi connectivity index (χ0) is 22.3. The Labute approximate surface area is 186 Å². The number of morpholine rings is 1. The summed E-state index contributed by atoms with van der Waals surface area (Å²) in [6.07, 6.45) is 1.46. The molecule has 0 aliphatic carbocycles. The van der Waals surface area contributed by atoms with Gasteiger partial charge in [-0.2, -0.15) is 5.10 Å². The average Bonchev–Trinajstić information content (AvgIpc) is 3.20. The molecule has 168 valence electrons. The van der Waals surface area contributed by atoms with Crippen molar-refractivity contribution in [3.8, 4) is 11.4 Å². The maximum absolute atomic E-state index is 14.1. The fraction of sp³-hybridized carbons (Fsp3) is 0.333. The van der Waals surface area contributed by atoms with Crippen molar-refractivity contribution in [1.82, 2.24) is 20.0 Å². The molecule has 2 heterocycles. The molecule has 7 nitrogen and oxygen atoms in total. The van der Waals surface area contributed by atoms with Crippen LogP contribution in [-0.2, 0) is 11.3 Å². The Balaban J connectivity index is 1.32. The summed E-state index contributed by atoms with van der Waals surface area (Å²) in [4.78, 5) is 15.0. The lowest BCUT2D eigenvalue weighted by Crippen LogP contribution is -2.38. The minimum atomic E-state index is -0.393. The Morgan fingerprint density at radius 2 is 2.00 bits per heavy atom. The first-order valence-electron chi connectivity index (χ1n) is 10.7. The molecule has 3 aromatic rings. The minimum Gasteiger partial charge on any atom is -0.492 e. The molecule has 0 unspecified atom stereocenters. The van der Waals surface area contributed by atoms with Gasteiger partial charge in [-0.15, -0.1) is 0 Å². The van der Waals surface area contributed by atoms with Gasteiger partial charge in [-0.05, 0) is 36.8 Å². The van der Waals surface area contributed by atoms with E-state index in [1.807, 2.05) is 24.3 Å². The minimum absolute atomic E-state index is 0.260. The van der Waals surface area contributed by atoms with Crippen LogP contribution in [0.2, 0.25) is 0 Å². The molecular formula is C24H27FN4O3. The van der Waals surface area contributed by atoms with Crippen molar-refractivity contribution in [2.24, 2.45) is 0 Å². The van der Waals surface area contributed by atoms with Crippen molar-refractivity contribution in [1.29, 1.82) is 0 Å². The molecule has 0 atom stereocenters. The van der Waals surface area contributed by atoms with Crippen molar-refractivity contribution in [3.63, 3.8) is 0 Å². The molecule has 1 fully saturated rings. The van der Waals surface area contributed by atoms with E-state index in [2.05, 4.69) is 15.3 Å². The highest BCUT2D eigenvalue weighted by atomic mass is 19.1. The van der Waals surface area contributed by atoms with Crippen LogP contribution in [0.3, 0.4) is 0 Å². The Kier molecular flexibility index (Phi) is 7.14. The van der Waals surface area contributed by atoms with Gasteiger partial charge in [0.1, 0.15) is 23.9 Å². The molecule has 0 bridgehead atoms. The number of benzene rings is 2. The molecule has 0 spiro atoms. The molecule has 1 aliphatic rings. The number of para-hydroxylation sites is 1. The fourth-order valence-electron chi connectivity index (χ4n) is 3.64. The third-order valence-electron chi connectivity index (χ3n) is 5.47. The normalized spacial score (nSPS) is 14.3. The first-order valence-corrected chi connectivity index (χ1v) is 10.7. The van der Waals surface area contributed by atoms with E-state index in [1.54, 1.807) is 25.1 Å². The van der Waals surface area contributed by atoms with Gasteiger partial charge in [0.2, 0.25) is 0 Å². The summed E-state index contributed by atoms with van der Waals surface area (Å²) in [6.45, 7) is 6.97. The highest BCUT2D eigenvalue weighted by Gasteiger charge is 2.16. The monoisotopic (exact) mass is 438 g/mol. The van der Waals surface area contributed by atoms with Crippen molar-refractivity contribution in [3.05, 3.63) is 77.4 Å². The summed E-state index contributed by atoms with van der Waals surface area (Å²) >= 11 is 0. The predicted octanol–water partition coefficient (Wildman–Crippen LogP) is 2.96. The molecule has 0 radical (unpaired) electrons. The fourth-order valence-corrected chi connectivity index (χ4v) is 3.64. The lowest BCUT2D eigenvalue weighted by molar-refractivity contribution is 0.0322. The average molecular weight is 439 g/mol. The van der Waals surface area contributed by atoms with Crippen LogP contribution >= 0.6 is 0 Å². The van der Waals surface area contributed by atoms with Crippen molar-refractivity contribution >= 4 is 5.91 Å². The second-order valence-electron chi connectivity index (χ2n) is 7.64. The molecule has 32 heavy (non-hydrogen) atoms. The van der Waals surface area contributed by atoms with Crippen LogP contribution in [-0.4, -0.2) is 60.0 Å². The number of amides is 1. The SMILES string of the molecule is Cc1c(C(=O)NCc2cccc(OCCN3CCOCC3)c2)cnn1-c1ccccc1F. The molecule has 1 amide bonds. The molecule has 1 aliphatic heterocycles. The number of aromatic nitrogens is 2. The Morgan fingerprint density at radius 1 is 1.19 bits per heavy atom. The quantitative estimate of drug-likeness (QED) is 0.586. The van der Waals surface area contributed by atoms with Crippen LogP contribution in [0.1, 0.15) is 21.6 Å². The van der Waals surface area contributed by atoms with Gasteiger partial charge in [0.15, 0.2) is 0 Å². The Morgan fingerprint density at radius 3 is 2.81 bits per heavy atom. The molecule has 1 N–H and O–H groups in total. The van der Waals surface area contributed by atoms with E-state index in [-0.39, 0.29) is 5.91 Å². The molecule has 1 saturated heterocycles. The van der Waals surface area contributed by atoms with Crippen LogP contribution in [0.25, 0.3) is 5.69 Å². The number of nitrogens with one attached hydrogen (secondary N) is 1. The molecule has 1 aromatic heterocycles. The number of carbonyl (C=O) groups excluding carboxylic acids is 1. The van der Waals surface area contributed by atoms with Crippen LogP contribution in [0.15, 0.2) is 54.7 Å². The van der Waals surface area contributed by atoms with Gasteiger partial charge >= 0.3 is 0 Å². The van der Waals surface area contributed by atoms with Crippen molar-refractivity contribution in [2.45, 2.75) is 13.5 Å². The molecule has 0 saturated carbocycles. The number of hydrogen-bond acceptors (Lipinski definition) is 5. The standard InChI is InChI=1S/C24H27FN4O3/c1-18-21(17-27-29(18)23-8-3-2-7-22(23)25)24(30)26-16-19-5-4-6-20(15-19)32-14-11-28-9-12-31-13-10-28/h2-8,15,17H,9-14,16H2,1H3,(H,26,30). The van der Waals surface area contributed by atoms with Gasteiger partial charge in [-0.25, -0.2) is 9.07 Å². The summed E-state index contributed by atoms with van der Waals surface area (Å²) in [5, 5.41) is 7.10.